The Morgan fingerprint density at radius 1 is 1.29 bits per heavy atom. The van der Waals surface area contributed by atoms with Crippen LogP contribution in [0, 0.1) is 6.92 Å². The van der Waals surface area contributed by atoms with Crippen molar-refractivity contribution < 1.29 is 19.4 Å². The number of likely N-dealkylation sites (tertiary alicyclic amines) is 1. The van der Waals surface area contributed by atoms with Gasteiger partial charge in [0.05, 0.1) is 18.3 Å². The minimum absolute atomic E-state index is 0.0686. The van der Waals surface area contributed by atoms with Crippen LogP contribution in [0.15, 0.2) is 30.3 Å². The second-order valence-electron chi connectivity index (χ2n) is 7.82. The molecule has 150 valence electrons. The number of β-amino-alcohol motifs (C(OH)–C–C–N with tert-alkyl or cyclic N) is 1. The molecule has 2 heterocycles. The molecule has 2 aromatic rings. The van der Waals surface area contributed by atoms with E-state index < -0.39 is 23.8 Å². The SMILES string of the molecule is Cc1sc(NC(=O)[C@@H]2C[C@H](O)CN2C(=O)OC(C)(C)C)nc1-c1ccccc1. The summed E-state index contributed by atoms with van der Waals surface area (Å²) in [5.74, 6) is -0.379. The molecular weight excluding hydrogens is 378 g/mol. The lowest BCUT2D eigenvalue weighted by atomic mass is 10.1. The summed E-state index contributed by atoms with van der Waals surface area (Å²) in [6.07, 6.45) is -1.20. The van der Waals surface area contributed by atoms with Gasteiger partial charge in [-0.25, -0.2) is 9.78 Å². The molecule has 0 unspecified atom stereocenters. The number of thiazole rings is 1. The van der Waals surface area contributed by atoms with E-state index >= 15 is 0 Å². The van der Waals surface area contributed by atoms with Crippen molar-refractivity contribution in [3.05, 3.63) is 35.2 Å². The topological polar surface area (TPSA) is 91.8 Å². The molecule has 2 atom stereocenters. The summed E-state index contributed by atoms with van der Waals surface area (Å²) in [6.45, 7) is 7.29. The van der Waals surface area contributed by atoms with Gasteiger partial charge in [-0.05, 0) is 27.7 Å². The number of amides is 2. The summed E-state index contributed by atoms with van der Waals surface area (Å²) in [7, 11) is 0. The standard InChI is InChI=1S/C20H25N3O4S/c1-12-16(13-8-6-5-7-9-13)21-18(28-12)22-17(25)15-10-14(24)11-23(15)19(26)27-20(2,3)4/h5-9,14-15,24H,10-11H2,1-4H3,(H,21,22,25)/t14-,15-/m0/s1. The Bertz CT molecular complexity index is 860. The highest BCUT2D eigenvalue weighted by molar-refractivity contribution is 7.16. The predicted molar refractivity (Wildman–Crippen MR) is 108 cm³/mol. The molecule has 1 aliphatic rings. The Labute approximate surface area is 168 Å². The Balaban J connectivity index is 1.74. The lowest BCUT2D eigenvalue weighted by molar-refractivity contribution is -0.120. The van der Waals surface area contributed by atoms with Gasteiger partial charge in [0.2, 0.25) is 5.91 Å². The van der Waals surface area contributed by atoms with E-state index in [4.69, 9.17) is 4.74 Å². The minimum atomic E-state index is -0.797. The fourth-order valence-electron chi connectivity index (χ4n) is 3.09. The Kier molecular flexibility index (Phi) is 5.71. The number of carbonyl (C=O) groups excluding carboxylic acids is 2. The fraction of sp³-hybridized carbons (Fsp3) is 0.450. The number of aliphatic hydroxyl groups excluding tert-OH is 1. The van der Waals surface area contributed by atoms with Crippen molar-refractivity contribution in [3.63, 3.8) is 0 Å². The van der Waals surface area contributed by atoms with Gasteiger partial charge in [-0.3, -0.25) is 9.69 Å². The van der Waals surface area contributed by atoms with Gasteiger partial charge in [0, 0.05) is 16.9 Å². The molecule has 2 N–H and O–H groups in total. The van der Waals surface area contributed by atoms with Crippen LogP contribution in [0.1, 0.15) is 32.1 Å². The third-order valence-corrected chi connectivity index (χ3v) is 5.17. The maximum absolute atomic E-state index is 12.8. The van der Waals surface area contributed by atoms with Crippen LogP contribution in [0.3, 0.4) is 0 Å². The number of hydrogen-bond acceptors (Lipinski definition) is 6. The van der Waals surface area contributed by atoms with Crippen molar-refractivity contribution in [2.75, 3.05) is 11.9 Å². The maximum atomic E-state index is 12.8. The predicted octanol–water partition coefficient (Wildman–Crippen LogP) is 3.43. The van der Waals surface area contributed by atoms with Crippen LogP contribution in [0.25, 0.3) is 11.3 Å². The van der Waals surface area contributed by atoms with E-state index in [0.717, 1.165) is 16.1 Å². The molecule has 28 heavy (non-hydrogen) atoms. The van der Waals surface area contributed by atoms with Crippen molar-refractivity contribution in [1.29, 1.82) is 0 Å². The highest BCUT2D eigenvalue weighted by atomic mass is 32.1. The number of aromatic nitrogens is 1. The number of aliphatic hydroxyl groups is 1. The molecule has 0 bridgehead atoms. The number of ether oxygens (including phenoxy) is 1. The maximum Gasteiger partial charge on any atom is 0.411 e. The van der Waals surface area contributed by atoms with Crippen molar-refractivity contribution in [3.8, 4) is 11.3 Å². The molecule has 1 aliphatic heterocycles. The first-order valence-electron chi connectivity index (χ1n) is 9.15. The Morgan fingerprint density at radius 2 is 1.96 bits per heavy atom. The fourth-order valence-corrected chi connectivity index (χ4v) is 3.93. The monoisotopic (exact) mass is 403 g/mol. The molecule has 0 aliphatic carbocycles. The first-order valence-corrected chi connectivity index (χ1v) is 9.97. The lowest BCUT2D eigenvalue weighted by Crippen LogP contribution is -2.45. The van der Waals surface area contributed by atoms with Gasteiger partial charge >= 0.3 is 6.09 Å². The van der Waals surface area contributed by atoms with Gasteiger partial charge in [0.25, 0.3) is 0 Å². The molecule has 2 amide bonds. The number of benzene rings is 1. The zero-order valence-corrected chi connectivity index (χ0v) is 17.2. The molecule has 0 spiro atoms. The van der Waals surface area contributed by atoms with Crippen molar-refractivity contribution in [2.24, 2.45) is 0 Å². The van der Waals surface area contributed by atoms with E-state index in [1.165, 1.54) is 16.2 Å². The van der Waals surface area contributed by atoms with Crippen molar-refractivity contribution >= 4 is 28.5 Å². The van der Waals surface area contributed by atoms with E-state index in [1.54, 1.807) is 20.8 Å². The zero-order valence-electron chi connectivity index (χ0n) is 16.4. The number of nitrogens with zero attached hydrogens (tertiary/aromatic N) is 2. The van der Waals surface area contributed by atoms with Crippen molar-refractivity contribution in [1.82, 2.24) is 9.88 Å². The molecule has 1 fully saturated rings. The normalized spacial score (nSPS) is 19.5. The number of nitrogens with one attached hydrogen (secondary N) is 1. The first-order chi connectivity index (χ1) is 13.1. The molecule has 8 heteroatoms. The summed E-state index contributed by atoms with van der Waals surface area (Å²) in [4.78, 5) is 32.0. The average Bonchev–Trinajstić information content (AvgIpc) is 3.17. The van der Waals surface area contributed by atoms with Gasteiger partial charge in [-0.1, -0.05) is 30.3 Å². The highest BCUT2D eigenvalue weighted by Gasteiger charge is 2.41. The summed E-state index contributed by atoms with van der Waals surface area (Å²) in [5, 5.41) is 13.2. The molecule has 7 nitrogen and oxygen atoms in total. The molecule has 3 rings (SSSR count). The number of anilines is 1. The van der Waals surface area contributed by atoms with E-state index in [2.05, 4.69) is 10.3 Å². The van der Waals surface area contributed by atoms with Crippen LogP contribution in [0.5, 0.6) is 0 Å². The smallest absolute Gasteiger partial charge is 0.411 e. The number of rotatable bonds is 3. The van der Waals surface area contributed by atoms with Crippen LogP contribution in [-0.4, -0.2) is 51.3 Å². The summed E-state index contributed by atoms with van der Waals surface area (Å²) in [6, 6.07) is 8.94. The lowest BCUT2D eigenvalue weighted by Gasteiger charge is -2.27. The van der Waals surface area contributed by atoms with Crippen LogP contribution in [-0.2, 0) is 9.53 Å². The summed E-state index contributed by atoms with van der Waals surface area (Å²) >= 11 is 1.38. The Morgan fingerprint density at radius 3 is 2.61 bits per heavy atom. The molecule has 0 saturated carbocycles. The van der Waals surface area contributed by atoms with Gasteiger partial charge < -0.3 is 15.2 Å². The van der Waals surface area contributed by atoms with E-state index in [-0.39, 0.29) is 18.9 Å². The second kappa shape index (κ2) is 7.89. The van der Waals surface area contributed by atoms with E-state index in [0.29, 0.717) is 5.13 Å². The van der Waals surface area contributed by atoms with Gasteiger partial charge in [0.1, 0.15) is 11.6 Å². The van der Waals surface area contributed by atoms with Crippen molar-refractivity contribution in [2.45, 2.75) is 51.9 Å². The number of carbonyl (C=O) groups is 2. The Hall–Kier alpha value is -2.45. The van der Waals surface area contributed by atoms with E-state index in [1.807, 2.05) is 37.3 Å². The minimum Gasteiger partial charge on any atom is -0.444 e. The van der Waals surface area contributed by atoms with E-state index in [9.17, 15) is 14.7 Å². The molecular formula is C20H25N3O4S. The van der Waals surface area contributed by atoms with Gasteiger partial charge in [0.15, 0.2) is 5.13 Å². The molecule has 1 saturated heterocycles. The first kappa shape index (κ1) is 20.3. The number of hydrogen-bond donors (Lipinski definition) is 2. The second-order valence-corrected chi connectivity index (χ2v) is 9.02. The molecule has 1 aromatic carbocycles. The largest absolute Gasteiger partial charge is 0.444 e. The van der Waals surface area contributed by atoms with Crippen LogP contribution in [0.4, 0.5) is 9.93 Å². The van der Waals surface area contributed by atoms with Gasteiger partial charge in [-0.2, -0.15) is 0 Å². The third-order valence-electron chi connectivity index (χ3n) is 4.28. The van der Waals surface area contributed by atoms with Gasteiger partial charge in [-0.15, -0.1) is 11.3 Å². The molecule has 1 aromatic heterocycles. The molecule has 0 radical (unpaired) electrons. The third kappa shape index (κ3) is 4.69. The summed E-state index contributed by atoms with van der Waals surface area (Å²) in [5.41, 5.74) is 1.11. The summed E-state index contributed by atoms with van der Waals surface area (Å²) < 4.78 is 5.36. The quantitative estimate of drug-likeness (QED) is 0.819. The zero-order chi connectivity index (χ0) is 20.5. The van der Waals surface area contributed by atoms with Crippen LogP contribution < -0.4 is 5.32 Å². The number of aryl methyl sites for hydroxylation is 1. The van der Waals surface area contributed by atoms with Crippen LogP contribution in [0.2, 0.25) is 0 Å². The van der Waals surface area contributed by atoms with Crippen LogP contribution >= 0.6 is 11.3 Å². The average molecular weight is 404 g/mol. The highest BCUT2D eigenvalue weighted by Crippen LogP contribution is 2.31.